The Labute approximate surface area is 137 Å². The molecule has 0 aliphatic carbocycles. The third-order valence-corrected chi connectivity index (χ3v) is 4.91. The van der Waals surface area contributed by atoms with Crippen molar-refractivity contribution in [3.05, 3.63) is 75.9 Å². The van der Waals surface area contributed by atoms with Crippen LogP contribution in [0.2, 0.25) is 5.02 Å². The van der Waals surface area contributed by atoms with Gasteiger partial charge >= 0.3 is 0 Å². The molecule has 104 valence electrons. The second-order valence-electron chi connectivity index (χ2n) is 4.30. The second kappa shape index (κ2) is 6.94. The van der Waals surface area contributed by atoms with Crippen LogP contribution in [0.4, 0.5) is 5.69 Å². The van der Waals surface area contributed by atoms with Crippen molar-refractivity contribution < 1.29 is 0 Å². The lowest BCUT2D eigenvalue weighted by Gasteiger charge is -2.05. The molecule has 0 radical (unpaired) electrons. The minimum absolute atomic E-state index is 0.753. The van der Waals surface area contributed by atoms with E-state index in [1.807, 2.05) is 54.7 Å². The van der Waals surface area contributed by atoms with E-state index < -0.39 is 0 Å². The zero-order valence-electron chi connectivity index (χ0n) is 11.1. The summed E-state index contributed by atoms with van der Waals surface area (Å²) in [6, 6.07) is 20.1. The molecule has 0 spiro atoms. The molecule has 21 heavy (non-hydrogen) atoms. The topological polar surface area (TPSA) is 12.4 Å². The summed E-state index contributed by atoms with van der Waals surface area (Å²) >= 11 is 9.30. The summed E-state index contributed by atoms with van der Waals surface area (Å²) in [4.78, 5) is 8.04. The zero-order valence-corrected chi connectivity index (χ0v) is 13.5. The van der Waals surface area contributed by atoms with Gasteiger partial charge in [-0.1, -0.05) is 41.6 Å². The maximum absolute atomic E-state index is 5.92. The van der Waals surface area contributed by atoms with Crippen LogP contribution in [0.5, 0.6) is 0 Å². The fraction of sp³-hybridized carbons (Fsp3) is 0. The fourth-order valence-electron chi connectivity index (χ4n) is 1.78. The van der Waals surface area contributed by atoms with Crippen LogP contribution in [0.1, 0.15) is 4.88 Å². The average Bonchev–Trinajstić information content (AvgIpc) is 3.02. The minimum atomic E-state index is 0.753. The molecule has 1 nitrogen and oxygen atoms in total. The van der Waals surface area contributed by atoms with Crippen LogP contribution in [0.15, 0.2) is 80.8 Å². The molecule has 3 rings (SSSR count). The Morgan fingerprint density at radius 1 is 0.952 bits per heavy atom. The first-order valence-electron chi connectivity index (χ1n) is 6.41. The number of rotatable bonds is 4. The van der Waals surface area contributed by atoms with Gasteiger partial charge in [-0.2, -0.15) is 0 Å². The number of para-hydroxylation sites is 1. The summed E-state index contributed by atoms with van der Waals surface area (Å²) in [5.74, 6) is 0. The van der Waals surface area contributed by atoms with E-state index in [2.05, 4.69) is 22.5 Å². The maximum Gasteiger partial charge on any atom is 0.0769 e. The molecule has 0 aliphatic rings. The normalized spacial score (nSPS) is 11.1. The molecule has 0 unspecified atom stereocenters. The van der Waals surface area contributed by atoms with Crippen LogP contribution in [0.25, 0.3) is 0 Å². The summed E-state index contributed by atoms with van der Waals surface area (Å²) in [5.41, 5.74) is 0.978. The van der Waals surface area contributed by atoms with Gasteiger partial charge in [-0.25, -0.2) is 0 Å². The molecule has 3 aromatic rings. The summed E-state index contributed by atoms with van der Waals surface area (Å²) in [6.45, 7) is 0. The van der Waals surface area contributed by atoms with Gasteiger partial charge in [0.05, 0.1) is 5.69 Å². The highest BCUT2D eigenvalue weighted by Gasteiger charge is 2.03. The van der Waals surface area contributed by atoms with Crippen molar-refractivity contribution in [2.45, 2.75) is 9.79 Å². The largest absolute Gasteiger partial charge is 0.254 e. The molecular weight excluding hydrogens is 318 g/mol. The first kappa shape index (κ1) is 14.4. The lowest BCUT2D eigenvalue weighted by molar-refractivity contribution is 1.36. The van der Waals surface area contributed by atoms with Gasteiger partial charge in [-0.3, -0.25) is 4.99 Å². The van der Waals surface area contributed by atoms with Gasteiger partial charge in [0.25, 0.3) is 0 Å². The lowest BCUT2D eigenvalue weighted by atomic mass is 10.3. The number of halogens is 1. The highest BCUT2D eigenvalue weighted by Crippen LogP contribution is 2.35. The van der Waals surface area contributed by atoms with Gasteiger partial charge < -0.3 is 0 Å². The first-order valence-corrected chi connectivity index (χ1v) is 8.49. The van der Waals surface area contributed by atoms with Gasteiger partial charge in [0.2, 0.25) is 0 Å². The number of nitrogens with zero attached hydrogens (tertiary/aromatic N) is 1. The van der Waals surface area contributed by atoms with E-state index in [1.165, 1.54) is 0 Å². The number of hydrogen-bond acceptors (Lipinski definition) is 3. The Bertz CT molecular complexity index is 734. The van der Waals surface area contributed by atoms with Crippen molar-refractivity contribution in [2.75, 3.05) is 0 Å². The van der Waals surface area contributed by atoms with Crippen LogP contribution in [0, 0.1) is 0 Å². The summed E-state index contributed by atoms with van der Waals surface area (Å²) in [5, 5.41) is 2.80. The molecule has 0 N–H and O–H groups in total. The quantitative estimate of drug-likeness (QED) is 0.511. The molecule has 0 bridgehead atoms. The molecular formula is C17H12ClNS2. The lowest BCUT2D eigenvalue weighted by Crippen LogP contribution is -1.77. The van der Waals surface area contributed by atoms with E-state index in [9.17, 15) is 0 Å². The smallest absolute Gasteiger partial charge is 0.0769 e. The molecule has 0 aliphatic heterocycles. The standard InChI is InChI=1S/C17H12ClNS2/c18-13-7-9-14(10-8-13)21-17-6-2-1-5-16(17)19-12-15-4-3-11-20-15/h1-12H. The Morgan fingerprint density at radius 2 is 1.76 bits per heavy atom. The molecule has 0 atom stereocenters. The maximum atomic E-state index is 5.92. The van der Waals surface area contributed by atoms with Crippen molar-refractivity contribution in [3.63, 3.8) is 0 Å². The van der Waals surface area contributed by atoms with Crippen LogP contribution >= 0.6 is 34.7 Å². The van der Waals surface area contributed by atoms with Crippen molar-refractivity contribution in [1.29, 1.82) is 0 Å². The summed E-state index contributed by atoms with van der Waals surface area (Å²) in [6.07, 6.45) is 1.91. The first-order chi connectivity index (χ1) is 10.3. The molecule has 1 aromatic heterocycles. The highest BCUT2D eigenvalue weighted by molar-refractivity contribution is 7.99. The zero-order chi connectivity index (χ0) is 14.5. The van der Waals surface area contributed by atoms with Crippen molar-refractivity contribution in [2.24, 2.45) is 4.99 Å². The molecule has 0 saturated heterocycles. The Kier molecular flexibility index (Phi) is 4.76. The highest BCUT2D eigenvalue weighted by atomic mass is 35.5. The fourth-order valence-corrected chi connectivity index (χ4v) is 3.39. The van der Waals surface area contributed by atoms with E-state index in [-0.39, 0.29) is 0 Å². The number of aliphatic imine (C=N–C) groups is 1. The SMILES string of the molecule is Clc1ccc(Sc2ccccc2N=Cc2cccs2)cc1. The van der Waals surface area contributed by atoms with Crippen LogP contribution in [0.3, 0.4) is 0 Å². The predicted octanol–water partition coefficient (Wildman–Crippen LogP) is 6.30. The van der Waals surface area contributed by atoms with Gasteiger partial charge in [-0.05, 0) is 47.8 Å². The molecule has 1 heterocycles. The van der Waals surface area contributed by atoms with E-state index in [4.69, 9.17) is 11.6 Å². The van der Waals surface area contributed by atoms with Gasteiger partial charge in [-0.15, -0.1) is 11.3 Å². The number of benzene rings is 2. The average molecular weight is 330 g/mol. The molecule has 0 saturated carbocycles. The molecule has 0 amide bonds. The summed E-state index contributed by atoms with van der Waals surface area (Å²) < 4.78 is 0. The number of hydrogen-bond donors (Lipinski definition) is 0. The van der Waals surface area contributed by atoms with E-state index in [1.54, 1.807) is 23.1 Å². The minimum Gasteiger partial charge on any atom is -0.254 e. The van der Waals surface area contributed by atoms with Crippen LogP contribution in [-0.4, -0.2) is 6.21 Å². The Hall–Kier alpha value is -1.55. The van der Waals surface area contributed by atoms with Crippen molar-refractivity contribution in [3.8, 4) is 0 Å². The van der Waals surface area contributed by atoms with Crippen molar-refractivity contribution in [1.82, 2.24) is 0 Å². The van der Waals surface area contributed by atoms with Crippen molar-refractivity contribution >= 4 is 46.6 Å². The molecule has 4 heteroatoms. The Morgan fingerprint density at radius 3 is 2.52 bits per heavy atom. The second-order valence-corrected chi connectivity index (χ2v) is 6.83. The Balaban J connectivity index is 1.84. The van der Waals surface area contributed by atoms with E-state index >= 15 is 0 Å². The van der Waals surface area contributed by atoms with Crippen LogP contribution < -0.4 is 0 Å². The van der Waals surface area contributed by atoms with Crippen LogP contribution in [-0.2, 0) is 0 Å². The predicted molar refractivity (Wildman–Crippen MR) is 93.6 cm³/mol. The third kappa shape index (κ3) is 3.97. The number of thiophene rings is 1. The summed E-state index contributed by atoms with van der Waals surface area (Å²) in [7, 11) is 0. The van der Waals surface area contributed by atoms with Gasteiger partial charge in [0, 0.05) is 25.9 Å². The van der Waals surface area contributed by atoms with Gasteiger partial charge in [0.15, 0.2) is 0 Å². The third-order valence-electron chi connectivity index (χ3n) is 2.78. The van der Waals surface area contributed by atoms with E-state index in [0.29, 0.717) is 0 Å². The monoisotopic (exact) mass is 329 g/mol. The molecule has 2 aromatic carbocycles. The van der Waals surface area contributed by atoms with E-state index in [0.717, 1.165) is 25.4 Å². The molecule has 0 fully saturated rings. The van der Waals surface area contributed by atoms with Gasteiger partial charge in [0.1, 0.15) is 0 Å².